The van der Waals surface area contributed by atoms with Gasteiger partial charge in [-0.25, -0.2) is 0 Å². The molecule has 0 aliphatic carbocycles. The number of rotatable bonds is 5. The van der Waals surface area contributed by atoms with Crippen LogP contribution in [0.15, 0.2) is 42.6 Å². The zero-order valence-electron chi connectivity index (χ0n) is 14.0. The maximum absolute atomic E-state index is 12.6. The highest BCUT2D eigenvalue weighted by Crippen LogP contribution is 2.27. The summed E-state index contributed by atoms with van der Waals surface area (Å²) in [5.41, 5.74) is 1.16. The van der Waals surface area contributed by atoms with Crippen molar-refractivity contribution in [2.45, 2.75) is 6.54 Å². The van der Waals surface area contributed by atoms with E-state index in [1.807, 2.05) is 6.07 Å². The van der Waals surface area contributed by atoms with Gasteiger partial charge < -0.3 is 10.1 Å². The van der Waals surface area contributed by atoms with Gasteiger partial charge in [-0.1, -0.05) is 52.5 Å². The van der Waals surface area contributed by atoms with Crippen molar-refractivity contribution in [2.24, 2.45) is 0 Å². The highest BCUT2D eigenvalue weighted by atomic mass is 35.5. The Hall–Kier alpha value is -1.92. The Morgan fingerprint density at radius 1 is 1.07 bits per heavy atom. The average Bonchev–Trinajstić information content (AvgIpc) is 2.97. The number of amides is 1. The van der Waals surface area contributed by atoms with Crippen LogP contribution in [-0.4, -0.2) is 22.8 Å². The van der Waals surface area contributed by atoms with E-state index in [0.717, 1.165) is 5.56 Å². The Kier molecular flexibility index (Phi) is 6.17. The maximum atomic E-state index is 12.6. The maximum Gasteiger partial charge on any atom is 0.260 e. The van der Waals surface area contributed by atoms with Crippen LogP contribution in [0.5, 0.6) is 5.75 Å². The van der Waals surface area contributed by atoms with E-state index in [1.54, 1.807) is 35.1 Å². The van der Waals surface area contributed by atoms with Gasteiger partial charge in [-0.15, -0.1) is 0 Å². The summed E-state index contributed by atoms with van der Waals surface area (Å²) in [7, 11) is 1.47. The lowest BCUT2D eigenvalue weighted by Crippen LogP contribution is -2.14. The second-order valence-corrected chi connectivity index (χ2v) is 7.23. The first-order valence-electron chi connectivity index (χ1n) is 7.69. The van der Waals surface area contributed by atoms with Gasteiger partial charge in [-0.2, -0.15) is 5.10 Å². The number of benzene rings is 2. The lowest BCUT2D eigenvalue weighted by molar-refractivity contribution is 0.102. The topological polar surface area (TPSA) is 56.1 Å². The summed E-state index contributed by atoms with van der Waals surface area (Å²) in [5, 5.41) is 8.61. The first-order chi connectivity index (χ1) is 12.9. The molecule has 0 saturated heterocycles. The second kappa shape index (κ2) is 8.40. The summed E-state index contributed by atoms with van der Waals surface area (Å²) in [6, 6.07) is 10.0. The molecule has 0 saturated carbocycles. The number of nitrogens with one attached hydrogen (secondary N) is 1. The van der Waals surface area contributed by atoms with Gasteiger partial charge in [0.2, 0.25) is 0 Å². The molecule has 3 aromatic rings. The normalized spacial score (nSPS) is 10.7. The molecule has 1 aromatic heterocycles. The van der Waals surface area contributed by atoms with Crippen molar-refractivity contribution in [1.29, 1.82) is 0 Å². The molecule has 0 atom stereocenters. The second-order valence-electron chi connectivity index (χ2n) is 5.57. The number of methoxy groups -OCH3 is 1. The van der Waals surface area contributed by atoms with Crippen LogP contribution in [-0.2, 0) is 6.54 Å². The SMILES string of the molecule is COc1ccc(Cl)cc1C(=O)Nc1nn(Cc2ccc(Cl)c(Cl)c2)cc1Cl. The molecule has 1 heterocycles. The Morgan fingerprint density at radius 3 is 2.56 bits per heavy atom. The number of hydrogen-bond acceptors (Lipinski definition) is 3. The fraction of sp³-hybridized carbons (Fsp3) is 0.111. The van der Waals surface area contributed by atoms with Gasteiger partial charge in [-0.3, -0.25) is 9.48 Å². The fourth-order valence-corrected chi connectivity index (χ4v) is 3.11. The van der Waals surface area contributed by atoms with E-state index < -0.39 is 5.91 Å². The van der Waals surface area contributed by atoms with Crippen LogP contribution in [0.25, 0.3) is 0 Å². The summed E-state index contributed by atoms with van der Waals surface area (Å²) in [4.78, 5) is 12.6. The number of carbonyl (C=O) groups excluding carboxylic acids is 1. The van der Waals surface area contributed by atoms with Crippen molar-refractivity contribution >= 4 is 58.1 Å². The quantitative estimate of drug-likeness (QED) is 0.540. The standard InChI is InChI=1S/C18H13Cl4N3O2/c1-27-16-5-3-11(19)7-12(16)18(26)23-17-15(22)9-25(24-17)8-10-2-4-13(20)14(21)6-10/h2-7,9H,8H2,1H3,(H,23,24,26). The zero-order chi connectivity index (χ0) is 19.6. The van der Waals surface area contributed by atoms with Gasteiger partial charge in [-0.05, 0) is 35.9 Å². The summed E-state index contributed by atoms with van der Waals surface area (Å²) < 4.78 is 6.78. The number of nitrogens with zero attached hydrogens (tertiary/aromatic N) is 2. The van der Waals surface area contributed by atoms with Crippen molar-refractivity contribution in [3.8, 4) is 5.75 Å². The van der Waals surface area contributed by atoms with Crippen LogP contribution in [0.3, 0.4) is 0 Å². The van der Waals surface area contributed by atoms with Crippen LogP contribution < -0.4 is 10.1 Å². The Morgan fingerprint density at radius 2 is 1.85 bits per heavy atom. The number of aromatic nitrogens is 2. The van der Waals surface area contributed by atoms with Crippen LogP contribution in [0.2, 0.25) is 20.1 Å². The third-order valence-electron chi connectivity index (χ3n) is 3.68. The zero-order valence-corrected chi connectivity index (χ0v) is 17.0. The smallest absolute Gasteiger partial charge is 0.260 e. The largest absolute Gasteiger partial charge is 0.496 e. The molecule has 0 aliphatic heterocycles. The first kappa shape index (κ1) is 19.8. The molecule has 0 bridgehead atoms. The van der Waals surface area contributed by atoms with Crippen molar-refractivity contribution in [3.05, 3.63) is 73.8 Å². The van der Waals surface area contributed by atoms with E-state index in [-0.39, 0.29) is 11.4 Å². The Balaban J connectivity index is 1.79. The molecule has 27 heavy (non-hydrogen) atoms. The Labute approximate surface area is 175 Å². The van der Waals surface area contributed by atoms with Gasteiger partial charge in [0.1, 0.15) is 10.8 Å². The van der Waals surface area contributed by atoms with Gasteiger partial charge in [0, 0.05) is 11.2 Å². The lowest BCUT2D eigenvalue weighted by Gasteiger charge is -2.08. The third-order valence-corrected chi connectivity index (χ3v) is 4.93. The van der Waals surface area contributed by atoms with Crippen LogP contribution >= 0.6 is 46.4 Å². The molecule has 1 amide bonds. The van der Waals surface area contributed by atoms with Gasteiger partial charge in [0.25, 0.3) is 5.91 Å². The molecule has 5 nitrogen and oxygen atoms in total. The van der Waals surface area contributed by atoms with Crippen molar-refractivity contribution in [2.75, 3.05) is 12.4 Å². The van der Waals surface area contributed by atoms with E-state index in [2.05, 4.69) is 10.4 Å². The lowest BCUT2D eigenvalue weighted by atomic mass is 10.2. The molecule has 0 aliphatic rings. The van der Waals surface area contributed by atoms with E-state index in [9.17, 15) is 4.79 Å². The predicted octanol–water partition coefficient (Wildman–Crippen LogP) is 5.81. The van der Waals surface area contributed by atoms with Gasteiger partial charge >= 0.3 is 0 Å². The van der Waals surface area contributed by atoms with Crippen LogP contribution in [0, 0.1) is 0 Å². The number of halogens is 4. The average molecular weight is 445 g/mol. The number of carbonyl (C=O) groups is 1. The van der Waals surface area contributed by atoms with Crippen LogP contribution in [0.1, 0.15) is 15.9 Å². The minimum absolute atomic E-state index is 0.226. The molecule has 3 rings (SSSR count). The van der Waals surface area contributed by atoms with E-state index in [1.165, 1.54) is 13.2 Å². The molecular formula is C18H13Cl4N3O2. The minimum Gasteiger partial charge on any atom is -0.496 e. The van der Waals surface area contributed by atoms with E-state index >= 15 is 0 Å². The summed E-state index contributed by atoms with van der Waals surface area (Å²) in [6.07, 6.45) is 1.61. The molecule has 0 spiro atoms. The molecule has 0 unspecified atom stereocenters. The van der Waals surface area contributed by atoms with Gasteiger partial charge in [0.15, 0.2) is 5.82 Å². The monoisotopic (exact) mass is 443 g/mol. The summed E-state index contributed by atoms with van der Waals surface area (Å²) in [6.45, 7) is 0.410. The summed E-state index contributed by atoms with van der Waals surface area (Å²) in [5.74, 6) is 0.183. The third kappa shape index (κ3) is 4.68. The molecule has 140 valence electrons. The number of hydrogen-bond donors (Lipinski definition) is 1. The molecular weight excluding hydrogens is 432 g/mol. The molecule has 0 radical (unpaired) electrons. The summed E-state index contributed by atoms with van der Waals surface area (Å²) >= 11 is 24.1. The van der Waals surface area contributed by atoms with Crippen molar-refractivity contribution in [1.82, 2.24) is 9.78 Å². The molecule has 1 N–H and O–H groups in total. The van der Waals surface area contributed by atoms with Crippen molar-refractivity contribution < 1.29 is 9.53 Å². The van der Waals surface area contributed by atoms with Crippen molar-refractivity contribution in [3.63, 3.8) is 0 Å². The van der Waals surface area contributed by atoms with E-state index in [4.69, 9.17) is 51.1 Å². The van der Waals surface area contributed by atoms with Gasteiger partial charge in [0.05, 0.1) is 29.3 Å². The molecule has 0 fully saturated rings. The van der Waals surface area contributed by atoms with Crippen LogP contribution in [0.4, 0.5) is 5.82 Å². The minimum atomic E-state index is -0.434. The highest BCUT2D eigenvalue weighted by Gasteiger charge is 2.17. The highest BCUT2D eigenvalue weighted by molar-refractivity contribution is 6.42. The first-order valence-corrected chi connectivity index (χ1v) is 9.20. The predicted molar refractivity (Wildman–Crippen MR) is 109 cm³/mol. The number of anilines is 1. The molecule has 9 heteroatoms. The fourth-order valence-electron chi connectivity index (χ4n) is 2.42. The number of ether oxygens (including phenoxy) is 1. The van der Waals surface area contributed by atoms with E-state index in [0.29, 0.717) is 32.4 Å². The molecule has 2 aromatic carbocycles. The Bertz CT molecular complexity index is 1000.